The lowest BCUT2D eigenvalue weighted by Crippen LogP contribution is -2.02. The maximum atomic E-state index is 12.1. The third kappa shape index (κ3) is 2.72. The molecule has 0 fully saturated rings. The highest BCUT2D eigenvalue weighted by Crippen LogP contribution is 2.29. The molecule has 0 atom stereocenters. The van der Waals surface area contributed by atoms with Gasteiger partial charge >= 0.3 is 5.97 Å². The zero-order chi connectivity index (χ0) is 14.1. The van der Waals surface area contributed by atoms with Crippen molar-refractivity contribution in [2.75, 3.05) is 5.73 Å². The van der Waals surface area contributed by atoms with E-state index in [1.54, 1.807) is 11.3 Å². The number of rotatable bonds is 3. The molecule has 0 bridgehead atoms. The summed E-state index contributed by atoms with van der Waals surface area (Å²) < 4.78 is 7.34. The van der Waals surface area contributed by atoms with Gasteiger partial charge in [-0.25, -0.2) is 4.79 Å². The molecule has 2 N–H and O–H groups in total. The molecule has 0 radical (unpaired) electrons. The fourth-order valence-corrected chi connectivity index (χ4v) is 4.11. The van der Waals surface area contributed by atoms with Crippen molar-refractivity contribution in [1.29, 1.82) is 0 Å². The minimum Gasteiger partial charge on any atom is -0.456 e. The van der Waals surface area contributed by atoms with Gasteiger partial charge in [-0.3, -0.25) is 0 Å². The molecule has 0 saturated heterocycles. The molecular weight excluding hydrogens is 358 g/mol. The Hall–Kier alpha value is -1.37. The van der Waals surface area contributed by atoms with Crippen LogP contribution in [0.25, 0.3) is 10.1 Å². The minimum atomic E-state index is -0.301. The number of hydrogen-bond donors (Lipinski definition) is 1. The molecule has 0 aliphatic heterocycles. The SMILES string of the molecule is Nc1ccc2sc(C(=O)OCc3sccc3Br)cc2c1. The molecule has 3 aromatic rings. The van der Waals surface area contributed by atoms with Gasteiger partial charge in [0.1, 0.15) is 11.5 Å². The van der Waals surface area contributed by atoms with Gasteiger partial charge in [0.05, 0.1) is 4.88 Å². The Morgan fingerprint density at radius 1 is 1.30 bits per heavy atom. The van der Waals surface area contributed by atoms with E-state index in [9.17, 15) is 4.79 Å². The van der Waals surface area contributed by atoms with Crippen LogP contribution in [0, 0.1) is 0 Å². The number of anilines is 1. The summed E-state index contributed by atoms with van der Waals surface area (Å²) in [5.41, 5.74) is 6.43. The fourth-order valence-electron chi connectivity index (χ4n) is 1.79. The van der Waals surface area contributed by atoms with Gasteiger partial charge in [0.15, 0.2) is 0 Å². The van der Waals surface area contributed by atoms with E-state index in [-0.39, 0.29) is 12.6 Å². The van der Waals surface area contributed by atoms with E-state index in [0.717, 1.165) is 19.4 Å². The highest BCUT2D eigenvalue weighted by atomic mass is 79.9. The van der Waals surface area contributed by atoms with E-state index in [1.165, 1.54) is 11.3 Å². The number of benzene rings is 1. The standard InChI is InChI=1S/C14H10BrNO2S2/c15-10-3-4-19-13(10)7-18-14(17)12-6-8-5-9(16)1-2-11(8)20-12/h1-6H,7,16H2. The summed E-state index contributed by atoms with van der Waals surface area (Å²) in [7, 11) is 0. The first-order valence-corrected chi connectivity index (χ1v) is 8.30. The Bertz CT molecular complexity index is 778. The zero-order valence-corrected chi connectivity index (χ0v) is 13.5. The zero-order valence-electron chi connectivity index (χ0n) is 10.3. The Morgan fingerprint density at radius 3 is 2.90 bits per heavy atom. The van der Waals surface area contributed by atoms with Crippen LogP contribution in [0.15, 0.2) is 40.2 Å². The maximum Gasteiger partial charge on any atom is 0.348 e. The van der Waals surface area contributed by atoms with Crippen molar-refractivity contribution >= 4 is 60.3 Å². The number of carbonyl (C=O) groups excluding carboxylic acids is 1. The van der Waals surface area contributed by atoms with Gasteiger partial charge in [-0.1, -0.05) is 0 Å². The first-order valence-electron chi connectivity index (χ1n) is 5.81. The van der Waals surface area contributed by atoms with Crippen LogP contribution in [0.3, 0.4) is 0 Å². The molecule has 102 valence electrons. The van der Waals surface area contributed by atoms with Crippen molar-refractivity contribution in [3.63, 3.8) is 0 Å². The lowest BCUT2D eigenvalue weighted by atomic mass is 10.2. The highest BCUT2D eigenvalue weighted by Gasteiger charge is 2.13. The van der Waals surface area contributed by atoms with Crippen LogP contribution in [0.2, 0.25) is 0 Å². The number of nitrogen functional groups attached to an aromatic ring is 1. The second-order valence-electron chi connectivity index (χ2n) is 4.18. The Labute approximate surface area is 132 Å². The number of nitrogens with two attached hydrogens (primary N) is 1. The normalized spacial score (nSPS) is 10.8. The summed E-state index contributed by atoms with van der Waals surface area (Å²) in [5, 5.41) is 2.93. The van der Waals surface area contributed by atoms with Gasteiger partial charge in [0.2, 0.25) is 0 Å². The van der Waals surface area contributed by atoms with Crippen LogP contribution in [0.5, 0.6) is 0 Å². The van der Waals surface area contributed by atoms with Crippen molar-refractivity contribution in [3.8, 4) is 0 Å². The van der Waals surface area contributed by atoms with E-state index in [4.69, 9.17) is 10.5 Å². The van der Waals surface area contributed by atoms with Crippen LogP contribution in [-0.2, 0) is 11.3 Å². The molecule has 0 aliphatic rings. The number of hydrogen-bond acceptors (Lipinski definition) is 5. The van der Waals surface area contributed by atoms with Gasteiger partial charge < -0.3 is 10.5 Å². The average molecular weight is 368 g/mol. The molecule has 0 aliphatic carbocycles. The van der Waals surface area contributed by atoms with Crippen LogP contribution < -0.4 is 5.73 Å². The molecule has 0 spiro atoms. The molecule has 2 heterocycles. The molecule has 1 aromatic carbocycles. The number of ether oxygens (including phenoxy) is 1. The van der Waals surface area contributed by atoms with E-state index in [0.29, 0.717) is 10.6 Å². The second kappa shape index (κ2) is 5.55. The van der Waals surface area contributed by atoms with E-state index >= 15 is 0 Å². The van der Waals surface area contributed by atoms with Crippen LogP contribution in [0.1, 0.15) is 14.5 Å². The summed E-state index contributed by atoms with van der Waals surface area (Å²) in [6.45, 7) is 0.285. The summed E-state index contributed by atoms with van der Waals surface area (Å²) in [5.74, 6) is -0.301. The number of fused-ring (bicyclic) bond motifs is 1. The van der Waals surface area contributed by atoms with Gasteiger partial charge in [0.25, 0.3) is 0 Å². The summed E-state index contributed by atoms with van der Waals surface area (Å²) >= 11 is 6.39. The molecule has 2 aromatic heterocycles. The molecule has 3 nitrogen and oxygen atoms in total. The molecule has 0 amide bonds. The third-order valence-corrected chi connectivity index (χ3v) is 5.76. The third-order valence-electron chi connectivity index (χ3n) is 2.77. The van der Waals surface area contributed by atoms with E-state index in [1.807, 2.05) is 35.7 Å². The van der Waals surface area contributed by atoms with Gasteiger partial charge in [-0.05, 0) is 57.0 Å². The van der Waals surface area contributed by atoms with Crippen molar-refractivity contribution < 1.29 is 9.53 Å². The van der Waals surface area contributed by atoms with Crippen LogP contribution in [-0.4, -0.2) is 5.97 Å². The first-order chi connectivity index (χ1) is 9.63. The lowest BCUT2D eigenvalue weighted by molar-refractivity contribution is 0.0482. The largest absolute Gasteiger partial charge is 0.456 e. The smallest absolute Gasteiger partial charge is 0.348 e. The number of thiophene rings is 2. The lowest BCUT2D eigenvalue weighted by Gasteiger charge is -2.01. The monoisotopic (exact) mass is 367 g/mol. The van der Waals surface area contributed by atoms with E-state index < -0.39 is 0 Å². The quantitative estimate of drug-likeness (QED) is 0.540. The average Bonchev–Trinajstić information content (AvgIpc) is 3.01. The first kappa shape index (κ1) is 13.6. The molecule has 0 saturated carbocycles. The summed E-state index contributed by atoms with van der Waals surface area (Å²) in [6, 6.07) is 9.37. The van der Waals surface area contributed by atoms with E-state index in [2.05, 4.69) is 15.9 Å². The molecule has 0 unspecified atom stereocenters. The van der Waals surface area contributed by atoms with Crippen molar-refractivity contribution in [1.82, 2.24) is 0 Å². The topological polar surface area (TPSA) is 52.3 Å². The van der Waals surface area contributed by atoms with Gasteiger partial charge in [-0.15, -0.1) is 22.7 Å². The Morgan fingerprint density at radius 2 is 2.15 bits per heavy atom. The maximum absolute atomic E-state index is 12.1. The number of esters is 1. The Kier molecular flexibility index (Phi) is 3.78. The number of halogens is 1. The fraction of sp³-hybridized carbons (Fsp3) is 0.0714. The predicted molar refractivity (Wildman–Crippen MR) is 87.4 cm³/mol. The molecule has 20 heavy (non-hydrogen) atoms. The van der Waals surface area contributed by atoms with Crippen molar-refractivity contribution in [2.45, 2.75) is 6.61 Å². The van der Waals surface area contributed by atoms with Gasteiger partial charge in [-0.2, -0.15) is 0 Å². The predicted octanol–water partition coefficient (Wildman–Crippen LogP) is 4.66. The summed E-state index contributed by atoms with van der Waals surface area (Å²) in [6.07, 6.45) is 0. The minimum absolute atomic E-state index is 0.285. The van der Waals surface area contributed by atoms with Crippen molar-refractivity contribution in [2.24, 2.45) is 0 Å². The number of carbonyl (C=O) groups is 1. The molecule has 3 rings (SSSR count). The van der Waals surface area contributed by atoms with Gasteiger partial charge in [0, 0.05) is 14.9 Å². The Balaban J connectivity index is 1.77. The molecular formula is C14H10BrNO2S2. The van der Waals surface area contributed by atoms with Crippen LogP contribution in [0.4, 0.5) is 5.69 Å². The highest BCUT2D eigenvalue weighted by molar-refractivity contribution is 9.10. The summed E-state index contributed by atoms with van der Waals surface area (Å²) in [4.78, 5) is 13.7. The second-order valence-corrected chi connectivity index (χ2v) is 7.11. The van der Waals surface area contributed by atoms with Crippen LogP contribution >= 0.6 is 38.6 Å². The van der Waals surface area contributed by atoms with Crippen molar-refractivity contribution in [3.05, 3.63) is 49.9 Å². The molecule has 6 heteroatoms.